The van der Waals surface area contributed by atoms with E-state index >= 15 is 0 Å². The third-order valence-corrected chi connectivity index (χ3v) is 6.52. The number of rotatable bonds is 2. The van der Waals surface area contributed by atoms with Crippen LogP contribution < -0.4 is 9.80 Å². The van der Waals surface area contributed by atoms with Crippen LogP contribution in [-0.4, -0.2) is 54.2 Å². The van der Waals surface area contributed by atoms with E-state index in [2.05, 4.69) is 18.0 Å². The summed E-state index contributed by atoms with van der Waals surface area (Å²) in [4.78, 5) is 20.6. The minimum absolute atomic E-state index is 0.355. The van der Waals surface area contributed by atoms with Crippen molar-refractivity contribution < 1.29 is 28.5 Å². The van der Waals surface area contributed by atoms with Gasteiger partial charge in [-0.25, -0.2) is 18.5 Å². The average Bonchev–Trinajstić information content (AvgIpc) is 2.97. The Kier molecular flexibility index (Phi) is 6.83. The van der Waals surface area contributed by atoms with Gasteiger partial charge >= 0.3 is 5.91 Å². The standard InChI is InChI=1S/C24H30F2N4O2/c1-16-12-17(2)23(27-15-16)28-8-10-29(11-9-28)24(32)22-19(25)13-18(14-20(22)26)30-7-5-3-4-6-21(30)31/h8,10,12-14,16,21,31H,3-7,9,11,15H2,1-2H3/p+2. The van der Waals surface area contributed by atoms with Crippen LogP contribution in [0.4, 0.5) is 14.5 Å². The molecule has 1 fully saturated rings. The summed E-state index contributed by atoms with van der Waals surface area (Å²) in [5.74, 6) is -1.09. The first-order chi connectivity index (χ1) is 15.3. The van der Waals surface area contributed by atoms with Gasteiger partial charge in [0.15, 0.2) is 11.8 Å². The number of nitrogens with one attached hydrogen (secondary N) is 2. The fourth-order valence-electron chi connectivity index (χ4n) is 4.81. The number of aliphatic imine (C=N–C) groups is 1. The number of carbonyl (C=O) groups excluding carboxylic acids is 1. The van der Waals surface area contributed by atoms with Crippen molar-refractivity contribution in [3.63, 3.8) is 0 Å². The number of quaternary nitrogens is 2. The summed E-state index contributed by atoms with van der Waals surface area (Å²) >= 11 is 0. The summed E-state index contributed by atoms with van der Waals surface area (Å²) in [7, 11) is 0. The molecular weight excluding hydrogens is 414 g/mol. The predicted octanol–water partition coefficient (Wildman–Crippen LogP) is 1.18. The van der Waals surface area contributed by atoms with Crippen LogP contribution in [0.3, 0.4) is 0 Å². The number of benzene rings is 1. The van der Waals surface area contributed by atoms with E-state index in [0.717, 1.165) is 37.2 Å². The van der Waals surface area contributed by atoms with Crippen molar-refractivity contribution in [3.8, 4) is 0 Å². The van der Waals surface area contributed by atoms with Crippen LogP contribution in [0.2, 0.25) is 0 Å². The van der Waals surface area contributed by atoms with E-state index < -0.39 is 29.3 Å². The largest absolute Gasteiger partial charge is 0.354 e. The molecule has 3 aliphatic heterocycles. The summed E-state index contributed by atoms with van der Waals surface area (Å²) in [6.45, 7) is 6.38. The molecule has 172 valence electrons. The first kappa shape index (κ1) is 22.8. The lowest BCUT2D eigenvalue weighted by atomic mass is 10.0. The van der Waals surface area contributed by atoms with Gasteiger partial charge in [0, 0.05) is 25.1 Å². The Morgan fingerprint density at radius 3 is 2.59 bits per heavy atom. The number of amides is 1. The molecule has 32 heavy (non-hydrogen) atoms. The lowest BCUT2D eigenvalue weighted by Crippen LogP contribution is -3.12. The van der Waals surface area contributed by atoms with E-state index in [1.54, 1.807) is 12.4 Å². The second-order valence-electron chi connectivity index (χ2n) is 9.06. The van der Waals surface area contributed by atoms with Gasteiger partial charge in [-0.3, -0.25) is 9.89 Å². The van der Waals surface area contributed by atoms with E-state index in [1.165, 1.54) is 12.1 Å². The summed E-state index contributed by atoms with van der Waals surface area (Å²) in [5, 5.41) is 10.4. The highest BCUT2D eigenvalue weighted by molar-refractivity contribution is 5.99. The number of hydrogen-bond donors (Lipinski definition) is 3. The molecule has 6 nitrogen and oxygen atoms in total. The SMILES string of the molecule is CC1=CC(C)CN=C1N1C=C[NH+](C(=O)c2c(F)cc([NH+]3CCCCCC3O)cc2F)CC1. The number of halogens is 2. The highest BCUT2D eigenvalue weighted by Crippen LogP contribution is 2.19. The van der Waals surface area contributed by atoms with E-state index in [-0.39, 0.29) is 0 Å². The smallest absolute Gasteiger partial charge is 0.344 e. The molecule has 0 bridgehead atoms. The first-order valence-corrected chi connectivity index (χ1v) is 11.5. The van der Waals surface area contributed by atoms with Gasteiger partial charge in [-0.15, -0.1) is 0 Å². The van der Waals surface area contributed by atoms with Crippen LogP contribution >= 0.6 is 0 Å². The third kappa shape index (κ3) is 4.67. The van der Waals surface area contributed by atoms with E-state index in [9.17, 15) is 18.7 Å². The Morgan fingerprint density at radius 1 is 1.19 bits per heavy atom. The van der Waals surface area contributed by atoms with Gasteiger partial charge < -0.3 is 10.0 Å². The predicted molar refractivity (Wildman–Crippen MR) is 118 cm³/mol. The molecule has 1 amide bonds. The molecule has 0 aromatic heterocycles. The Morgan fingerprint density at radius 2 is 1.94 bits per heavy atom. The van der Waals surface area contributed by atoms with Gasteiger partial charge in [-0.05, 0) is 37.7 Å². The fourth-order valence-corrected chi connectivity index (χ4v) is 4.81. The lowest BCUT2D eigenvalue weighted by Gasteiger charge is -2.29. The van der Waals surface area contributed by atoms with Gasteiger partial charge in [0.2, 0.25) is 0 Å². The molecule has 0 spiro atoms. The number of aliphatic hydroxyl groups excluding tert-OH is 1. The Bertz CT molecular complexity index is 952. The fraction of sp³-hybridized carbons (Fsp3) is 0.500. The summed E-state index contributed by atoms with van der Waals surface area (Å²) < 4.78 is 29.9. The molecule has 1 saturated heterocycles. The van der Waals surface area contributed by atoms with Gasteiger partial charge in [0.05, 0.1) is 19.3 Å². The van der Waals surface area contributed by atoms with Crippen LogP contribution in [0.15, 0.2) is 41.2 Å². The van der Waals surface area contributed by atoms with Crippen molar-refractivity contribution in [2.24, 2.45) is 10.9 Å². The Hall–Kier alpha value is -2.42. The first-order valence-electron chi connectivity index (χ1n) is 11.5. The van der Waals surface area contributed by atoms with E-state index in [0.29, 0.717) is 47.5 Å². The summed E-state index contributed by atoms with van der Waals surface area (Å²) in [6, 6.07) is 2.40. The van der Waals surface area contributed by atoms with Crippen molar-refractivity contribution >= 4 is 17.4 Å². The summed E-state index contributed by atoms with van der Waals surface area (Å²) in [5.41, 5.74) is 0.924. The monoisotopic (exact) mass is 446 g/mol. The average molecular weight is 447 g/mol. The van der Waals surface area contributed by atoms with Crippen molar-refractivity contribution in [1.29, 1.82) is 0 Å². The lowest BCUT2D eigenvalue weighted by molar-refractivity contribution is -0.885. The van der Waals surface area contributed by atoms with Gasteiger partial charge in [-0.2, -0.15) is 0 Å². The number of aliphatic hydroxyl groups is 1. The molecule has 0 aliphatic carbocycles. The minimum Gasteiger partial charge on any atom is -0.344 e. The molecule has 1 aromatic rings. The highest BCUT2D eigenvalue weighted by Gasteiger charge is 2.33. The van der Waals surface area contributed by atoms with Crippen molar-refractivity contribution in [2.45, 2.75) is 45.8 Å². The molecule has 3 heterocycles. The molecule has 4 unspecified atom stereocenters. The normalized spacial score (nSPS) is 28.7. The molecule has 3 N–H and O–H groups in total. The second kappa shape index (κ2) is 9.60. The summed E-state index contributed by atoms with van der Waals surface area (Å²) in [6.07, 6.45) is 8.25. The van der Waals surface area contributed by atoms with Gasteiger partial charge in [-0.1, -0.05) is 13.0 Å². The number of dihydropyridines is 1. The zero-order chi connectivity index (χ0) is 22.8. The maximum absolute atomic E-state index is 14.9. The third-order valence-electron chi connectivity index (χ3n) is 6.52. The van der Waals surface area contributed by atoms with Crippen molar-refractivity contribution in [2.75, 3.05) is 26.2 Å². The minimum atomic E-state index is -0.873. The van der Waals surface area contributed by atoms with Gasteiger partial charge in [0.25, 0.3) is 0 Å². The Labute approximate surface area is 187 Å². The van der Waals surface area contributed by atoms with Crippen LogP contribution in [0, 0.1) is 17.6 Å². The van der Waals surface area contributed by atoms with Crippen LogP contribution in [0.25, 0.3) is 0 Å². The number of carbonyl (C=O) groups is 1. The topological polar surface area (TPSA) is 61.8 Å². The molecule has 8 heteroatoms. The molecule has 1 aromatic carbocycles. The molecular formula is C24H32F2N4O2+2. The molecule has 0 radical (unpaired) electrons. The zero-order valence-corrected chi connectivity index (χ0v) is 18.7. The highest BCUT2D eigenvalue weighted by atomic mass is 19.1. The van der Waals surface area contributed by atoms with Crippen LogP contribution in [0.5, 0.6) is 0 Å². The number of hydrogen-bond acceptors (Lipinski definition) is 4. The molecule has 4 atom stereocenters. The second-order valence-corrected chi connectivity index (χ2v) is 9.06. The quantitative estimate of drug-likeness (QED) is 0.640. The van der Waals surface area contributed by atoms with E-state index in [4.69, 9.17) is 0 Å². The van der Waals surface area contributed by atoms with E-state index in [1.807, 2.05) is 11.8 Å². The van der Waals surface area contributed by atoms with Gasteiger partial charge in [0.1, 0.15) is 35.9 Å². The molecule has 4 rings (SSSR count). The van der Waals surface area contributed by atoms with Crippen molar-refractivity contribution in [3.05, 3.63) is 53.4 Å². The number of amidine groups is 1. The van der Waals surface area contributed by atoms with Crippen LogP contribution in [-0.2, 0) is 0 Å². The molecule has 0 saturated carbocycles. The maximum atomic E-state index is 14.9. The van der Waals surface area contributed by atoms with Crippen LogP contribution in [0.1, 0.15) is 49.9 Å². The zero-order valence-electron chi connectivity index (χ0n) is 18.7. The maximum Gasteiger partial charge on any atom is 0.354 e. The van der Waals surface area contributed by atoms with Crippen molar-refractivity contribution in [1.82, 2.24) is 4.90 Å². The number of nitrogens with zero attached hydrogens (tertiary/aromatic N) is 2. The Balaban J connectivity index is 1.51. The molecule has 3 aliphatic rings.